The number of rotatable bonds is 7. The van der Waals surface area contributed by atoms with Gasteiger partial charge in [-0.3, -0.25) is 4.79 Å². The van der Waals surface area contributed by atoms with Crippen molar-refractivity contribution in [1.29, 1.82) is 0 Å². The summed E-state index contributed by atoms with van der Waals surface area (Å²) in [6.07, 6.45) is 1.62. The molecule has 0 aromatic rings. The van der Waals surface area contributed by atoms with Crippen LogP contribution in [0, 0.1) is 17.3 Å². The quantitative estimate of drug-likeness (QED) is 0.786. The summed E-state index contributed by atoms with van der Waals surface area (Å²) in [6, 6.07) is -0.0135. The van der Waals surface area contributed by atoms with E-state index in [0.717, 1.165) is 32.6 Å². The fourth-order valence-corrected chi connectivity index (χ4v) is 3.63. The van der Waals surface area contributed by atoms with Gasteiger partial charge in [-0.25, -0.2) is 0 Å². The number of nitrogens with zero attached hydrogens (tertiary/aromatic N) is 2. The first kappa shape index (κ1) is 19.4. The van der Waals surface area contributed by atoms with Gasteiger partial charge < -0.3 is 14.9 Å². The first-order valence-corrected chi connectivity index (χ1v) is 8.90. The predicted octanol–water partition coefficient (Wildman–Crippen LogP) is 2.61. The summed E-state index contributed by atoms with van der Waals surface area (Å²) in [7, 11) is 0. The Bertz CT molecular complexity index is 347. The molecule has 4 heteroatoms. The third-order valence-electron chi connectivity index (χ3n) is 5.01. The van der Waals surface area contributed by atoms with Gasteiger partial charge in [0.15, 0.2) is 0 Å². The summed E-state index contributed by atoms with van der Waals surface area (Å²) in [5.74, 6) is 1.09. The van der Waals surface area contributed by atoms with Gasteiger partial charge in [0, 0.05) is 19.5 Å². The Labute approximate surface area is 136 Å². The zero-order chi connectivity index (χ0) is 16.9. The van der Waals surface area contributed by atoms with Crippen LogP contribution in [-0.4, -0.2) is 59.6 Å². The lowest BCUT2D eigenvalue weighted by Gasteiger charge is -2.32. The van der Waals surface area contributed by atoms with E-state index in [2.05, 4.69) is 46.4 Å². The second-order valence-corrected chi connectivity index (χ2v) is 7.85. The van der Waals surface area contributed by atoms with Crippen LogP contribution in [0.4, 0.5) is 0 Å². The minimum atomic E-state index is -0.0135. The van der Waals surface area contributed by atoms with Crippen LogP contribution in [0.3, 0.4) is 0 Å². The molecule has 1 amide bonds. The molecule has 1 aliphatic rings. The number of likely N-dealkylation sites (tertiary alicyclic amines) is 1. The highest BCUT2D eigenvalue weighted by Crippen LogP contribution is 2.34. The van der Waals surface area contributed by atoms with Gasteiger partial charge in [-0.2, -0.15) is 0 Å². The molecule has 0 aromatic heterocycles. The van der Waals surface area contributed by atoms with Crippen LogP contribution >= 0.6 is 0 Å². The Kier molecular flexibility index (Phi) is 7.33. The fraction of sp³-hybridized carbons (Fsp3) is 0.944. The van der Waals surface area contributed by atoms with Crippen LogP contribution in [0.1, 0.15) is 54.4 Å². The number of carbonyl (C=O) groups excluding carboxylic acids is 1. The average molecular weight is 312 g/mol. The lowest BCUT2D eigenvalue weighted by Crippen LogP contribution is -2.44. The minimum absolute atomic E-state index is 0.00421. The molecular weight excluding hydrogens is 276 g/mol. The highest BCUT2D eigenvalue weighted by atomic mass is 16.3. The van der Waals surface area contributed by atoms with Gasteiger partial charge in [0.1, 0.15) is 0 Å². The van der Waals surface area contributed by atoms with Crippen molar-refractivity contribution in [2.24, 2.45) is 17.3 Å². The molecule has 1 aliphatic heterocycles. The molecular formula is C18H36N2O2. The Balaban J connectivity index is 2.87. The van der Waals surface area contributed by atoms with Gasteiger partial charge in [0.05, 0.1) is 12.6 Å². The molecule has 0 bridgehead atoms. The summed E-state index contributed by atoms with van der Waals surface area (Å²) >= 11 is 0. The third kappa shape index (κ3) is 4.95. The molecule has 130 valence electrons. The number of aliphatic hydroxyl groups is 1. The van der Waals surface area contributed by atoms with E-state index in [1.165, 1.54) is 0 Å². The van der Waals surface area contributed by atoms with Crippen molar-refractivity contribution in [2.75, 3.05) is 32.8 Å². The minimum Gasteiger partial charge on any atom is -0.394 e. The van der Waals surface area contributed by atoms with Gasteiger partial charge in [-0.1, -0.05) is 48.0 Å². The summed E-state index contributed by atoms with van der Waals surface area (Å²) < 4.78 is 0. The van der Waals surface area contributed by atoms with E-state index in [1.807, 2.05) is 4.90 Å². The highest BCUT2D eigenvalue weighted by molar-refractivity contribution is 5.77. The molecule has 0 unspecified atom stereocenters. The average Bonchev–Trinajstić information content (AvgIpc) is 2.80. The van der Waals surface area contributed by atoms with E-state index in [4.69, 9.17) is 0 Å². The van der Waals surface area contributed by atoms with Crippen molar-refractivity contribution in [2.45, 2.75) is 60.4 Å². The van der Waals surface area contributed by atoms with Crippen LogP contribution in [-0.2, 0) is 4.79 Å². The number of carbonyl (C=O) groups is 1. The molecule has 1 N–H and O–H groups in total. The molecule has 0 aromatic carbocycles. The van der Waals surface area contributed by atoms with E-state index in [1.54, 1.807) is 0 Å². The van der Waals surface area contributed by atoms with Crippen molar-refractivity contribution >= 4 is 5.91 Å². The Morgan fingerprint density at radius 1 is 1.23 bits per heavy atom. The largest absolute Gasteiger partial charge is 0.394 e. The van der Waals surface area contributed by atoms with E-state index in [0.29, 0.717) is 18.3 Å². The normalized spacial score (nSPS) is 26.0. The number of hydrogen-bond acceptors (Lipinski definition) is 3. The molecule has 0 saturated carbocycles. The lowest BCUT2D eigenvalue weighted by atomic mass is 9.88. The van der Waals surface area contributed by atoms with Crippen LogP contribution in [0.15, 0.2) is 0 Å². The van der Waals surface area contributed by atoms with Crippen molar-refractivity contribution in [3.05, 3.63) is 0 Å². The number of hydrogen-bond donors (Lipinski definition) is 1. The summed E-state index contributed by atoms with van der Waals surface area (Å²) in [4.78, 5) is 17.0. The summed E-state index contributed by atoms with van der Waals surface area (Å²) in [5, 5.41) is 9.91. The molecule has 4 nitrogen and oxygen atoms in total. The monoisotopic (exact) mass is 312 g/mol. The molecule has 0 spiro atoms. The molecule has 1 heterocycles. The predicted molar refractivity (Wildman–Crippen MR) is 91.7 cm³/mol. The molecule has 1 fully saturated rings. The third-order valence-corrected chi connectivity index (χ3v) is 5.01. The van der Waals surface area contributed by atoms with E-state index < -0.39 is 0 Å². The maximum atomic E-state index is 12.7. The van der Waals surface area contributed by atoms with Crippen LogP contribution < -0.4 is 0 Å². The smallest absolute Gasteiger partial charge is 0.223 e. The molecule has 0 aliphatic carbocycles. The zero-order valence-corrected chi connectivity index (χ0v) is 15.4. The van der Waals surface area contributed by atoms with Crippen LogP contribution in [0.5, 0.6) is 0 Å². The van der Waals surface area contributed by atoms with Gasteiger partial charge >= 0.3 is 0 Å². The van der Waals surface area contributed by atoms with Crippen molar-refractivity contribution in [3.8, 4) is 0 Å². The SMILES string of the molecule is CC[C@@H]1CN(C(=O)CC(C)(C)C)[C@H](CO)[C@@H]1CN(CC)CC. The van der Waals surface area contributed by atoms with Gasteiger partial charge in [0.25, 0.3) is 0 Å². The molecule has 1 rings (SSSR count). The topological polar surface area (TPSA) is 43.8 Å². The second kappa shape index (κ2) is 8.30. The Hall–Kier alpha value is -0.610. The summed E-state index contributed by atoms with van der Waals surface area (Å²) in [5.41, 5.74) is -0.00421. The maximum Gasteiger partial charge on any atom is 0.223 e. The highest BCUT2D eigenvalue weighted by Gasteiger charge is 2.43. The van der Waals surface area contributed by atoms with Crippen LogP contribution in [0.25, 0.3) is 0 Å². The van der Waals surface area contributed by atoms with Crippen LogP contribution in [0.2, 0.25) is 0 Å². The van der Waals surface area contributed by atoms with E-state index in [9.17, 15) is 9.90 Å². The Morgan fingerprint density at radius 2 is 1.82 bits per heavy atom. The Morgan fingerprint density at radius 3 is 2.23 bits per heavy atom. The van der Waals surface area contributed by atoms with Gasteiger partial charge in [-0.15, -0.1) is 0 Å². The molecule has 22 heavy (non-hydrogen) atoms. The molecule has 1 saturated heterocycles. The standard InChI is InChI=1S/C18H36N2O2/c1-7-14-11-20(17(22)10-18(4,5)6)16(13-21)15(14)12-19(8-2)9-3/h14-16,21H,7-13H2,1-6H3/t14-,15-,16-/m1/s1. The maximum absolute atomic E-state index is 12.7. The van der Waals surface area contributed by atoms with Crippen molar-refractivity contribution in [1.82, 2.24) is 9.80 Å². The van der Waals surface area contributed by atoms with Crippen molar-refractivity contribution < 1.29 is 9.90 Å². The van der Waals surface area contributed by atoms with Crippen molar-refractivity contribution in [3.63, 3.8) is 0 Å². The van der Waals surface area contributed by atoms with E-state index >= 15 is 0 Å². The molecule has 3 atom stereocenters. The molecule has 0 radical (unpaired) electrons. The number of amides is 1. The van der Waals surface area contributed by atoms with E-state index in [-0.39, 0.29) is 24.0 Å². The lowest BCUT2D eigenvalue weighted by molar-refractivity contribution is -0.135. The van der Waals surface area contributed by atoms with Gasteiger partial charge in [-0.05, 0) is 30.3 Å². The van der Waals surface area contributed by atoms with Gasteiger partial charge in [0.2, 0.25) is 5.91 Å². The first-order valence-electron chi connectivity index (χ1n) is 8.90. The first-order chi connectivity index (χ1) is 10.3. The number of aliphatic hydroxyl groups excluding tert-OH is 1. The fourth-order valence-electron chi connectivity index (χ4n) is 3.63. The summed E-state index contributed by atoms with van der Waals surface area (Å²) in [6.45, 7) is 16.8. The zero-order valence-electron chi connectivity index (χ0n) is 15.4. The second-order valence-electron chi connectivity index (χ2n) is 7.85.